The molecule has 0 aliphatic rings. The van der Waals surface area contributed by atoms with Crippen LogP contribution in [0, 0.1) is 88.1 Å². The van der Waals surface area contributed by atoms with Crippen molar-refractivity contribution >= 4 is 6.29 Å². The van der Waals surface area contributed by atoms with Crippen molar-refractivity contribution in [3.8, 4) is 11.5 Å². The fourth-order valence-corrected chi connectivity index (χ4v) is 0.614. The van der Waals surface area contributed by atoms with Gasteiger partial charge in [-0.15, -0.1) is 0 Å². The molecule has 0 aromatic heterocycles. The Kier molecular flexibility index (Phi) is 10.2. The minimum absolute atomic E-state index is 0. The monoisotopic (exact) mass is 592 g/mol. The van der Waals surface area contributed by atoms with Crippen LogP contribution in [0.5, 0.6) is 11.5 Å². The number of benzene rings is 1. The first-order chi connectivity index (χ1) is 4.74. The maximum atomic E-state index is 10.1. The molecule has 1 aromatic carbocycles. The molecule has 0 fully saturated rings. The molecular weight excluding hydrogens is 586 g/mol. The molecule has 0 bridgehead atoms. The van der Waals surface area contributed by atoms with E-state index in [2.05, 4.69) is 0 Å². The van der Waals surface area contributed by atoms with Crippen molar-refractivity contribution in [3.63, 3.8) is 0 Å². The fourth-order valence-electron chi connectivity index (χ4n) is 0.614. The molecular formula is C7H6Ac2O3. The molecule has 3 nitrogen and oxygen atoms in total. The number of phenols is 2. The van der Waals surface area contributed by atoms with E-state index in [1.54, 1.807) is 0 Å². The van der Waals surface area contributed by atoms with Crippen molar-refractivity contribution < 1.29 is 103 Å². The van der Waals surface area contributed by atoms with Gasteiger partial charge in [0.05, 0.1) is 0 Å². The largest absolute Gasteiger partial charge is 0.504 e. The average Bonchev–Trinajstić information content (AvgIpc) is 1.95. The molecule has 2 radical (unpaired) electrons. The van der Waals surface area contributed by atoms with Gasteiger partial charge >= 0.3 is 0 Å². The molecule has 0 unspecified atom stereocenters. The molecule has 5 heteroatoms. The maximum Gasteiger partial charge on any atom is 0.158 e. The van der Waals surface area contributed by atoms with Gasteiger partial charge in [-0.3, -0.25) is 4.79 Å². The van der Waals surface area contributed by atoms with Gasteiger partial charge in [0.2, 0.25) is 0 Å². The molecule has 1 rings (SSSR count). The molecule has 12 heavy (non-hydrogen) atoms. The average molecular weight is 592 g/mol. The molecule has 1 aromatic rings. The summed E-state index contributed by atoms with van der Waals surface area (Å²) in [6.07, 6.45) is 0.596. The summed E-state index contributed by atoms with van der Waals surface area (Å²) in [5, 5.41) is 17.6. The molecule has 2 N–H and O–H groups in total. The Balaban J connectivity index is 0. The van der Waals surface area contributed by atoms with E-state index in [1.165, 1.54) is 18.2 Å². The van der Waals surface area contributed by atoms with Crippen LogP contribution in [0.25, 0.3) is 0 Å². The van der Waals surface area contributed by atoms with Crippen LogP contribution in [0.3, 0.4) is 0 Å². The maximum absolute atomic E-state index is 10.1. The van der Waals surface area contributed by atoms with Crippen molar-refractivity contribution in [1.29, 1.82) is 0 Å². The van der Waals surface area contributed by atoms with E-state index in [1.807, 2.05) is 0 Å². The van der Waals surface area contributed by atoms with Gasteiger partial charge in [-0.1, -0.05) is 0 Å². The Morgan fingerprint density at radius 2 is 1.67 bits per heavy atom. The van der Waals surface area contributed by atoms with Crippen molar-refractivity contribution in [2.75, 3.05) is 0 Å². The van der Waals surface area contributed by atoms with E-state index in [4.69, 9.17) is 10.2 Å². The smallest absolute Gasteiger partial charge is 0.158 e. The third-order valence-electron chi connectivity index (χ3n) is 1.14. The Bertz CT molecular complexity index is 263. The topological polar surface area (TPSA) is 57.5 Å². The van der Waals surface area contributed by atoms with Gasteiger partial charge in [-0.25, -0.2) is 0 Å². The molecule has 0 atom stereocenters. The molecule has 0 amide bonds. The molecule has 0 heterocycles. The Morgan fingerprint density at radius 3 is 2.08 bits per heavy atom. The minimum atomic E-state index is -0.274. The third-order valence-corrected chi connectivity index (χ3v) is 1.14. The van der Waals surface area contributed by atoms with E-state index in [9.17, 15) is 4.79 Å². The van der Waals surface area contributed by atoms with Crippen LogP contribution >= 0.6 is 0 Å². The first kappa shape index (κ1) is 15.8. The summed E-state index contributed by atoms with van der Waals surface area (Å²) in [6.45, 7) is 0. The molecule has 0 spiro atoms. The second kappa shape index (κ2) is 7.75. The van der Waals surface area contributed by atoms with Gasteiger partial charge in [0.25, 0.3) is 0 Å². The quantitative estimate of drug-likeness (QED) is 0.377. The van der Waals surface area contributed by atoms with Gasteiger partial charge in [0.15, 0.2) is 11.5 Å². The van der Waals surface area contributed by atoms with E-state index >= 15 is 0 Å². The van der Waals surface area contributed by atoms with Crippen LogP contribution in [0.2, 0.25) is 0 Å². The first-order valence-corrected chi connectivity index (χ1v) is 2.71. The molecule has 0 saturated heterocycles. The minimum Gasteiger partial charge on any atom is -0.504 e. The van der Waals surface area contributed by atoms with Crippen LogP contribution in [-0.4, -0.2) is 16.5 Å². The van der Waals surface area contributed by atoms with Crippen LogP contribution in [-0.2, 0) is 0 Å². The van der Waals surface area contributed by atoms with Crippen LogP contribution in [0.1, 0.15) is 10.4 Å². The number of hydrogen-bond donors (Lipinski definition) is 2. The Hall–Kier alpha value is 1.37. The van der Waals surface area contributed by atoms with Crippen molar-refractivity contribution in [2.45, 2.75) is 0 Å². The standard InChI is InChI=1S/C7H6O3.2Ac/c8-4-5-1-2-6(9)7(10)3-5;;/h1-4,9-10H;;. The van der Waals surface area contributed by atoms with Crippen LogP contribution in [0.4, 0.5) is 0 Å². The summed E-state index contributed by atoms with van der Waals surface area (Å²) >= 11 is 0. The van der Waals surface area contributed by atoms with Gasteiger partial charge < -0.3 is 10.2 Å². The third kappa shape index (κ3) is 4.56. The van der Waals surface area contributed by atoms with E-state index in [0.29, 0.717) is 11.8 Å². The summed E-state index contributed by atoms with van der Waals surface area (Å²) in [5.41, 5.74) is 0.343. The Labute approximate surface area is 142 Å². The second-order valence-corrected chi connectivity index (χ2v) is 1.87. The number of rotatable bonds is 1. The van der Waals surface area contributed by atoms with Crippen molar-refractivity contribution in [1.82, 2.24) is 0 Å². The molecule has 0 saturated carbocycles. The molecule has 0 aliphatic heterocycles. The molecule has 58 valence electrons. The van der Waals surface area contributed by atoms with Crippen molar-refractivity contribution in [2.24, 2.45) is 0 Å². The van der Waals surface area contributed by atoms with Gasteiger partial charge in [0.1, 0.15) is 6.29 Å². The summed E-state index contributed by atoms with van der Waals surface area (Å²) in [4.78, 5) is 10.1. The summed E-state index contributed by atoms with van der Waals surface area (Å²) in [5.74, 6) is -0.491. The SMILES string of the molecule is O=Cc1ccc(O)c(O)c1.[Ac].[Ac]. The number of phenolic OH excluding ortho intramolecular Hbond substituents is 2. The normalized spacial score (nSPS) is 7.67. The van der Waals surface area contributed by atoms with E-state index < -0.39 is 0 Å². The van der Waals surface area contributed by atoms with Crippen LogP contribution < -0.4 is 0 Å². The Morgan fingerprint density at radius 1 is 1.08 bits per heavy atom. The predicted octanol–water partition coefficient (Wildman–Crippen LogP) is 0.910. The number of hydrogen-bond acceptors (Lipinski definition) is 3. The summed E-state index contributed by atoms with van der Waals surface area (Å²) in [6, 6.07) is 3.88. The zero-order chi connectivity index (χ0) is 7.56. The van der Waals surface area contributed by atoms with Gasteiger partial charge in [0, 0.05) is 93.7 Å². The number of aldehydes is 1. The van der Waals surface area contributed by atoms with Crippen molar-refractivity contribution in [3.05, 3.63) is 23.8 Å². The first-order valence-electron chi connectivity index (χ1n) is 2.71. The summed E-state index contributed by atoms with van der Waals surface area (Å²) < 4.78 is 0. The zero-order valence-electron chi connectivity index (χ0n) is 6.27. The summed E-state index contributed by atoms with van der Waals surface area (Å²) in [7, 11) is 0. The second-order valence-electron chi connectivity index (χ2n) is 1.87. The number of aromatic hydroxyl groups is 2. The van der Waals surface area contributed by atoms with E-state index in [-0.39, 0.29) is 99.6 Å². The van der Waals surface area contributed by atoms with E-state index in [0.717, 1.165) is 0 Å². The van der Waals surface area contributed by atoms with Gasteiger partial charge in [-0.05, 0) is 18.2 Å². The number of carbonyl (C=O) groups is 1. The van der Waals surface area contributed by atoms with Gasteiger partial charge in [-0.2, -0.15) is 0 Å². The molecule has 0 aliphatic carbocycles. The fraction of sp³-hybridized carbons (Fsp3) is 0. The number of carbonyl (C=O) groups excluding carboxylic acids is 1. The zero-order valence-corrected chi connectivity index (χ0v) is 15.8. The van der Waals surface area contributed by atoms with Crippen LogP contribution in [0.15, 0.2) is 18.2 Å². The predicted molar refractivity (Wildman–Crippen MR) is 35.2 cm³/mol.